The molecule has 1 unspecified atom stereocenters. The van der Waals surface area contributed by atoms with E-state index in [0.29, 0.717) is 0 Å². The topological polar surface area (TPSA) is 107 Å². The van der Waals surface area contributed by atoms with Gasteiger partial charge >= 0.3 is 12.0 Å². The predicted molar refractivity (Wildman–Crippen MR) is 166 cm³/mol. The first kappa shape index (κ1) is 32.1. The summed E-state index contributed by atoms with van der Waals surface area (Å²) in [4.78, 5) is 55.3. The molecule has 230 valence electrons. The molecule has 0 aromatic heterocycles. The van der Waals surface area contributed by atoms with Gasteiger partial charge in [-0.05, 0) is 48.9 Å². The first-order valence-corrected chi connectivity index (χ1v) is 14.6. The standard InChI is InChI=1S/C35H38FN3O5/c1-23(2)20-30(32(42)37-29(21-31(40)41)27-12-8-9-13-28(27)36)39-33(43)35(3,4)38(34(39)44)22-26-18-16-25(17-19-26)15-14-24-10-6-5-7-11-24/h5-19,23,29-30H,20-22H2,1-4H3,(H,37,42)(H,40,41)/t29?,30-/m0/s1. The number of rotatable bonds is 12. The van der Waals surface area contributed by atoms with Crippen LogP contribution in [0.15, 0.2) is 78.9 Å². The molecular weight excluding hydrogens is 561 g/mol. The van der Waals surface area contributed by atoms with Gasteiger partial charge in [0.1, 0.15) is 17.4 Å². The van der Waals surface area contributed by atoms with Crippen molar-refractivity contribution in [1.82, 2.24) is 15.1 Å². The average Bonchev–Trinajstić information content (AvgIpc) is 3.14. The Morgan fingerprint density at radius 3 is 2.09 bits per heavy atom. The van der Waals surface area contributed by atoms with Crippen LogP contribution in [-0.2, 0) is 20.9 Å². The third kappa shape index (κ3) is 7.40. The Morgan fingerprint density at radius 1 is 0.909 bits per heavy atom. The zero-order chi connectivity index (χ0) is 32.0. The van der Waals surface area contributed by atoms with Crippen LogP contribution < -0.4 is 5.32 Å². The van der Waals surface area contributed by atoms with Gasteiger partial charge < -0.3 is 15.3 Å². The SMILES string of the molecule is CC(C)C[C@@H](C(=O)NC(CC(=O)O)c1ccccc1F)N1C(=O)N(Cc2ccc(C=Cc3ccccc3)cc2)C(C)(C)C1=O. The molecule has 0 radical (unpaired) electrons. The summed E-state index contributed by atoms with van der Waals surface area (Å²) in [6, 6.07) is 20.1. The third-order valence-electron chi connectivity index (χ3n) is 7.73. The van der Waals surface area contributed by atoms with Crippen LogP contribution in [0.25, 0.3) is 12.2 Å². The Bertz CT molecular complexity index is 1540. The minimum Gasteiger partial charge on any atom is -0.481 e. The monoisotopic (exact) mass is 599 g/mol. The zero-order valence-electron chi connectivity index (χ0n) is 25.4. The Hall–Kier alpha value is -4.79. The molecule has 2 atom stereocenters. The van der Waals surface area contributed by atoms with Gasteiger partial charge in [0.2, 0.25) is 5.91 Å². The highest BCUT2D eigenvalue weighted by molar-refractivity contribution is 6.09. The van der Waals surface area contributed by atoms with E-state index in [0.717, 1.165) is 21.6 Å². The lowest BCUT2D eigenvalue weighted by Gasteiger charge is -2.29. The minimum absolute atomic E-state index is 0.00892. The van der Waals surface area contributed by atoms with E-state index in [1.165, 1.54) is 23.1 Å². The number of benzene rings is 3. The number of hydrogen-bond acceptors (Lipinski definition) is 4. The molecule has 0 saturated carbocycles. The van der Waals surface area contributed by atoms with Crippen LogP contribution in [0.4, 0.5) is 9.18 Å². The number of nitrogens with one attached hydrogen (secondary N) is 1. The molecule has 0 spiro atoms. The maximum absolute atomic E-state index is 14.6. The molecule has 0 bridgehead atoms. The highest BCUT2D eigenvalue weighted by Crippen LogP contribution is 2.33. The summed E-state index contributed by atoms with van der Waals surface area (Å²) >= 11 is 0. The number of imide groups is 1. The van der Waals surface area contributed by atoms with E-state index in [2.05, 4.69) is 5.32 Å². The molecule has 8 nitrogen and oxygen atoms in total. The fraction of sp³-hybridized carbons (Fsp3) is 0.314. The summed E-state index contributed by atoms with van der Waals surface area (Å²) in [5.41, 5.74) is 1.62. The van der Waals surface area contributed by atoms with E-state index in [4.69, 9.17) is 0 Å². The molecule has 2 N–H and O–H groups in total. The Labute approximate surface area is 257 Å². The number of carbonyl (C=O) groups excluding carboxylic acids is 3. The number of hydrogen-bond donors (Lipinski definition) is 2. The summed E-state index contributed by atoms with van der Waals surface area (Å²) in [5, 5.41) is 12.1. The number of halogens is 1. The lowest BCUT2D eigenvalue weighted by Crippen LogP contribution is -2.52. The zero-order valence-corrected chi connectivity index (χ0v) is 25.4. The van der Waals surface area contributed by atoms with Crippen molar-refractivity contribution in [3.63, 3.8) is 0 Å². The van der Waals surface area contributed by atoms with Gasteiger partial charge in [-0.25, -0.2) is 14.1 Å². The summed E-state index contributed by atoms with van der Waals surface area (Å²) in [6.45, 7) is 7.13. The number of carbonyl (C=O) groups is 4. The van der Waals surface area contributed by atoms with E-state index in [-0.39, 0.29) is 24.4 Å². The molecule has 1 saturated heterocycles. The van der Waals surface area contributed by atoms with Crippen molar-refractivity contribution in [2.24, 2.45) is 5.92 Å². The first-order chi connectivity index (χ1) is 20.9. The number of carboxylic acid groups (broad SMARTS) is 1. The van der Waals surface area contributed by atoms with Crippen molar-refractivity contribution in [2.45, 2.75) is 64.7 Å². The highest BCUT2D eigenvalue weighted by atomic mass is 19.1. The number of amides is 4. The molecule has 1 aliphatic heterocycles. The number of carboxylic acids is 1. The van der Waals surface area contributed by atoms with Gasteiger partial charge in [0, 0.05) is 12.1 Å². The number of nitrogens with zero attached hydrogens (tertiary/aromatic N) is 2. The Morgan fingerprint density at radius 2 is 1.50 bits per heavy atom. The number of urea groups is 1. The molecule has 1 heterocycles. The van der Waals surface area contributed by atoms with Crippen LogP contribution in [0.2, 0.25) is 0 Å². The number of aliphatic carboxylic acids is 1. The van der Waals surface area contributed by atoms with Crippen molar-refractivity contribution < 1.29 is 28.7 Å². The van der Waals surface area contributed by atoms with Crippen LogP contribution in [0.5, 0.6) is 0 Å². The molecule has 4 rings (SSSR count). The highest BCUT2D eigenvalue weighted by Gasteiger charge is 2.54. The molecule has 4 amide bonds. The Kier molecular flexibility index (Phi) is 9.98. The van der Waals surface area contributed by atoms with Gasteiger partial charge in [0.15, 0.2) is 0 Å². The molecule has 9 heteroatoms. The van der Waals surface area contributed by atoms with E-state index in [1.54, 1.807) is 19.9 Å². The van der Waals surface area contributed by atoms with Crippen molar-refractivity contribution in [3.05, 3.63) is 107 Å². The maximum Gasteiger partial charge on any atom is 0.328 e. The first-order valence-electron chi connectivity index (χ1n) is 14.6. The van der Waals surface area contributed by atoms with Crippen molar-refractivity contribution in [3.8, 4) is 0 Å². The van der Waals surface area contributed by atoms with Crippen LogP contribution in [0, 0.1) is 11.7 Å². The smallest absolute Gasteiger partial charge is 0.328 e. The second-order valence-electron chi connectivity index (χ2n) is 11.9. The molecule has 44 heavy (non-hydrogen) atoms. The van der Waals surface area contributed by atoms with Gasteiger partial charge in [0.25, 0.3) is 5.91 Å². The largest absolute Gasteiger partial charge is 0.481 e. The lowest BCUT2D eigenvalue weighted by atomic mass is 9.97. The van der Waals surface area contributed by atoms with Gasteiger partial charge in [0.05, 0.1) is 12.5 Å². The van der Waals surface area contributed by atoms with Crippen LogP contribution >= 0.6 is 0 Å². The fourth-order valence-electron chi connectivity index (χ4n) is 5.29. The molecular formula is C35H38FN3O5. The van der Waals surface area contributed by atoms with Crippen molar-refractivity contribution in [2.75, 3.05) is 0 Å². The fourth-order valence-corrected chi connectivity index (χ4v) is 5.29. The summed E-state index contributed by atoms with van der Waals surface area (Å²) in [5.74, 6) is -3.25. The molecule has 1 aliphatic rings. The van der Waals surface area contributed by atoms with Crippen LogP contribution in [0.3, 0.4) is 0 Å². The summed E-state index contributed by atoms with van der Waals surface area (Å²) in [7, 11) is 0. The molecule has 3 aromatic rings. The van der Waals surface area contributed by atoms with E-state index in [1.807, 2.05) is 80.6 Å². The summed E-state index contributed by atoms with van der Waals surface area (Å²) < 4.78 is 14.6. The molecule has 3 aromatic carbocycles. The van der Waals surface area contributed by atoms with Gasteiger partial charge in [-0.2, -0.15) is 0 Å². The average molecular weight is 600 g/mol. The van der Waals surface area contributed by atoms with Crippen molar-refractivity contribution >= 4 is 36.0 Å². The quantitative estimate of drug-likeness (QED) is 0.188. The van der Waals surface area contributed by atoms with Crippen molar-refractivity contribution in [1.29, 1.82) is 0 Å². The third-order valence-corrected chi connectivity index (χ3v) is 7.73. The molecule has 0 aliphatic carbocycles. The minimum atomic E-state index is -1.25. The second-order valence-corrected chi connectivity index (χ2v) is 11.9. The van der Waals surface area contributed by atoms with E-state index < -0.39 is 53.7 Å². The maximum atomic E-state index is 14.6. The van der Waals surface area contributed by atoms with E-state index >= 15 is 0 Å². The van der Waals surface area contributed by atoms with Crippen LogP contribution in [-0.4, -0.2) is 50.3 Å². The van der Waals surface area contributed by atoms with Gasteiger partial charge in [-0.1, -0.05) is 98.8 Å². The lowest BCUT2D eigenvalue weighted by molar-refractivity contribution is -0.140. The van der Waals surface area contributed by atoms with Gasteiger partial charge in [-0.15, -0.1) is 0 Å². The normalized spacial score (nSPS) is 16.0. The van der Waals surface area contributed by atoms with Crippen LogP contribution in [0.1, 0.15) is 68.8 Å². The van der Waals surface area contributed by atoms with E-state index in [9.17, 15) is 28.7 Å². The second kappa shape index (κ2) is 13.7. The van der Waals surface area contributed by atoms with Gasteiger partial charge in [-0.3, -0.25) is 14.4 Å². The summed E-state index contributed by atoms with van der Waals surface area (Å²) in [6.07, 6.45) is 3.57. The predicted octanol–water partition coefficient (Wildman–Crippen LogP) is 6.29. The Balaban J connectivity index is 1.56. The molecule has 1 fully saturated rings.